The number of nitrogens with one attached hydrogen (secondary N) is 1. The second-order valence-electron chi connectivity index (χ2n) is 5.39. The normalized spacial score (nSPS) is 19.1. The molecule has 0 saturated carbocycles. The van der Waals surface area contributed by atoms with Crippen LogP contribution in [0.4, 0.5) is 0 Å². The van der Waals surface area contributed by atoms with Crippen LogP contribution in [0.25, 0.3) is 0 Å². The van der Waals surface area contributed by atoms with Crippen molar-refractivity contribution in [2.45, 2.75) is 52.6 Å². The molecule has 2 rings (SSSR count). The summed E-state index contributed by atoms with van der Waals surface area (Å²) in [6.07, 6.45) is 4.16. The fourth-order valence-corrected chi connectivity index (χ4v) is 3.36. The van der Waals surface area contributed by atoms with Crippen molar-refractivity contribution < 1.29 is 0 Å². The molecule has 1 aromatic rings. The maximum Gasteiger partial charge on any atom is 0.107 e. The van der Waals surface area contributed by atoms with Crippen LogP contribution in [-0.4, -0.2) is 35.6 Å². The highest BCUT2D eigenvalue weighted by atomic mass is 32.1. The molecule has 1 aliphatic rings. The topological polar surface area (TPSA) is 28.2 Å². The van der Waals surface area contributed by atoms with Crippen LogP contribution in [0.3, 0.4) is 0 Å². The second-order valence-corrected chi connectivity index (χ2v) is 6.68. The van der Waals surface area contributed by atoms with E-state index in [1.165, 1.54) is 54.5 Å². The smallest absolute Gasteiger partial charge is 0.107 e. The third-order valence-corrected chi connectivity index (χ3v) is 4.73. The van der Waals surface area contributed by atoms with Crippen molar-refractivity contribution in [2.24, 2.45) is 0 Å². The van der Waals surface area contributed by atoms with Crippen LogP contribution in [0.2, 0.25) is 0 Å². The highest BCUT2D eigenvalue weighted by Crippen LogP contribution is 2.16. The Kier molecular flexibility index (Phi) is 5.15. The molecular formula is C14H25N3S. The van der Waals surface area contributed by atoms with E-state index in [0.717, 1.165) is 6.54 Å². The molecule has 1 aromatic heterocycles. The van der Waals surface area contributed by atoms with Crippen LogP contribution in [0, 0.1) is 13.8 Å². The van der Waals surface area contributed by atoms with Crippen LogP contribution in [0.1, 0.15) is 41.8 Å². The lowest BCUT2D eigenvalue weighted by Gasteiger charge is -2.29. The summed E-state index contributed by atoms with van der Waals surface area (Å²) in [4.78, 5) is 8.50. The molecule has 0 amide bonds. The predicted molar refractivity (Wildman–Crippen MR) is 78.2 cm³/mol. The van der Waals surface area contributed by atoms with E-state index < -0.39 is 0 Å². The maximum atomic E-state index is 4.57. The van der Waals surface area contributed by atoms with E-state index in [0.29, 0.717) is 6.04 Å². The number of hydrogen-bond acceptors (Lipinski definition) is 4. The van der Waals surface area contributed by atoms with Gasteiger partial charge in [-0.25, -0.2) is 4.98 Å². The van der Waals surface area contributed by atoms with Crippen LogP contribution < -0.4 is 5.32 Å². The standard InChI is InChI=1S/C14H25N3S/c1-11(10-17-7-5-4-6-8-17)15-9-14-16-12(2)13(3)18-14/h11,15H,4-10H2,1-3H3. The maximum absolute atomic E-state index is 4.57. The number of aromatic nitrogens is 1. The van der Waals surface area contributed by atoms with Gasteiger partial charge >= 0.3 is 0 Å². The first-order valence-corrected chi connectivity index (χ1v) is 7.85. The molecule has 102 valence electrons. The summed E-state index contributed by atoms with van der Waals surface area (Å²) in [5, 5.41) is 4.81. The van der Waals surface area contributed by atoms with Crippen molar-refractivity contribution in [3.05, 3.63) is 15.6 Å². The summed E-state index contributed by atoms with van der Waals surface area (Å²) >= 11 is 1.82. The van der Waals surface area contributed by atoms with Crippen molar-refractivity contribution in [3.63, 3.8) is 0 Å². The highest BCUT2D eigenvalue weighted by Gasteiger charge is 2.13. The first kappa shape index (κ1) is 14.0. The molecule has 0 aliphatic carbocycles. The monoisotopic (exact) mass is 267 g/mol. The second kappa shape index (κ2) is 6.64. The summed E-state index contributed by atoms with van der Waals surface area (Å²) in [5.74, 6) is 0. The Balaban J connectivity index is 1.72. The highest BCUT2D eigenvalue weighted by molar-refractivity contribution is 7.11. The van der Waals surface area contributed by atoms with E-state index >= 15 is 0 Å². The molecule has 1 atom stereocenters. The Morgan fingerprint density at radius 2 is 2.00 bits per heavy atom. The number of hydrogen-bond donors (Lipinski definition) is 1. The number of rotatable bonds is 5. The van der Waals surface area contributed by atoms with Crippen LogP contribution in [-0.2, 0) is 6.54 Å². The van der Waals surface area contributed by atoms with E-state index in [2.05, 4.69) is 36.0 Å². The Morgan fingerprint density at radius 1 is 1.28 bits per heavy atom. The van der Waals surface area contributed by atoms with Crippen LogP contribution in [0.15, 0.2) is 0 Å². The van der Waals surface area contributed by atoms with Crippen molar-refractivity contribution in [2.75, 3.05) is 19.6 Å². The van der Waals surface area contributed by atoms with Crippen molar-refractivity contribution in [3.8, 4) is 0 Å². The fraction of sp³-hybridized carbons (Fsp3) is 0.786. The van der Waals surface area contributed by atoms with Crippen molar-refractivity contribution in [1.82, 2.24) is 15.2 Å². The van der Waals surface area contributed by atoms with Gasteiger partial charge in [0.25, 0.3) is 0 Å². The van der Waals surface area contributed by atoms with E-state index in [9.17, 15) is 0 Å². The molecule has 1 aliphatic heterocycles. The third kappa shape index (κ3) is 4.04. The summed E-state index contributed by atoms with van der Waals surface area (Å²) in [6.45, 7) is 11.2. The van der Waals surface area contributed by atoms with Gasteiger partial charge in [-0.05, 0) is 46.7 Å². The molecule has 1 unspecified atom stereocenters. The molecule has 18 heavy (non-hydrogen) atoms. The largest absolute Gasteiger partial charge is 0.307 e. The van der Waals surface area contributed by atoms with Gasteiger partial charge in [0.2, 0.25) is 0 Å². The zero-order chi connectivity index (χ0) is 13.0. The van der Waals surface area contributed by atoms with Gasteiger partial charge < -0.3 is 10.2 Å². The average Bonchev–Trinajstić information content (AvgIpc) is 2.68. The average molecular weight is 267 g/mol. The van der Waals surface area contributed by atoms with Gasteiger partial charge in [0.1, 0.15) is 5.01 Å². The van der Waals surface area contributed by atoms with Gasteiger partial charge in [0.05, 0.1) is 5.69 Å². The zero-order valence-electron chi connectivity index (χ0n) is 11.8. The quantitative estimate of drug-likeness (QED) is 0.889. The molecule has 1 fully saturated rings. The van der Waals surface area contributed by atoms with Crippen LogP contribution >= 0.6 is 11.3 Å². The summed E-state index contributed by atoms with van der Waals surface area (Å²) in [6, 6.07) is 0.549. The number of thiazole rings is 1. The number of piperidine rings is 1. The Morgan fingerprint density at radius 3 is 2.61 bits per heavy atom. The van der Waals surface area contributed by atoms with Gasteiger partial charge in [-0.1, -0.05) is 6.42 Å². The SMILES string of the molecule is Cc1nc(CNC(C)CN2CCCCC2)sc1C. The molecule has 1 N–H and O–H groups in total. The Hall–Kier alpha value is -0.450. The first-order chi connectivity index (χ1) is 8.65. The lowest BCUT2D eigenvalue weighted by Crippen LogP contribution is -2.41. The van der Waals surface area contributed by atoms with E-state index in [1.807, 2.05) is 11.3 Å². The minimum Gasteiger partial charge on any atom is -0.307 e. The molecule has 4 heteroatoms. The van der Waals surface area contributed by atoms with Crippen molar-refractivity contribution in [1.29, 1.82) is 0 Å². The summed E-state index contributed by atoms with van der Waals surface area (Å²) in [5.41, 5.74) is 1.18. The van der Waals surface area contributed by atoms with Gasteiger partial charge in [-0.15, -0.1) is 11.3 Å². The predicted octanol–water partition coefficient (Wildman–Crippen LogP) is 2.72. The lowest BCUT2D eigenvalue weighted by molar-refractivity contribution is 0.209. The molecule has 0 bridgehead atoms. The number of aryl methyl sites for hydroxylation is 2. The third-order valence-electron chi connectivity index (χ3n) is 3.66. The Bertz CT molecular complexity index is 350. The van der Waals surface area contributed by atoms with E-state index in [1.54, 1.807) is 0 Å². The summed E-state index contributed by atoms with van der Waals surface area (Å²) < 4.78 is 0. The van der Waals surface area contributed by atoms with E-state index in [-0.39, 0.29) is 0 Å². The molecule has 0 radical (unpaired) electrons. The van der Waals surface area contributed by atoms with Crippen LogP contribution in [0.5, 0.6) is 0 Å². The molecule has 2 heterocycles. The molecular weight excluding hydrogens is 242 g/mol. The lowest BCUT2D eigenvalue weighted by atomic mass is 10.1. The van der Waals surface area contributed by atoms with Gasteiger partial charge in [-0.3, -0.25) is 0 Å². The molecule has 0 spiro atoms. The van der Waals surface area contributed by atoms with Gasteiger partial charge in [-0.2, -0.15) is 0 Å². The number of likely N-dealkylation sites (tertiary alicyclic amines) is 1. The Labute approximate surface area is 115 Å². The fourth-order valence-electron chi connectivity index (χ4n) is 2.47. The van der Waals surface area contributed by atoms with Gasteiger partial charge in [0, 0.05) is 24.0 Å². The minimum atomic E-state index is 0.549. The van der Waals surface area contributed by atoms with Gasteiger partial charge in [0.15, 0.2) is 0 Å². The molecule has 0 aromatic carbocycles. The molecule has 1 saturated heterocycles. The first-order valence-electron chi connectivity index (χ1n) is 7.04. The molecule has 3 nitrogen and oxygen atoms in total. The van der Waals surface area contributed by atoms with E-state index in [4.69, 9.17) is 0 Å². The van der Waals surface area contributed by atoms with Crippen molar-refractivity contribution >= 4 is 11.3 Å². The zero-order valence-corrected chi connectivity index (χ0v) is 12.6. The minimum absolute atomic E-state index is 0.549. The number of nitrogens with zero attached hydrogens (tertiary/aromatic N) is 2. The summed E-state index contributed by atoms with van der Waals surface area (Å²) in [7, 11) is 0.